The second-order valence-corrected chi connectivity index (χ2v) is 6.14. The lowest BCUT2D eigenvalue weighted by atomic mass is 10.1. The van der Waals surface area contributed by atoms with Gasteiger partial charge in [0.05, 0.1) is 6.61 Å². The van der Waals surface area contributed by atoms with Crippen LogP contribution in [0.5, 0.6) is 5.75 Å². The second kappa shape index (κ2) is 9.76. The van der Waals surface area contributed by atoms with Gasteiger partial charge in [-0.3, -0.25) is 0 Å². The summed E-state index contributed by atoms with van der Waals surface area (Å²) in [5.74, 6) is 0.0572. The Labute approximate surface area is 144 Å². The van der Waals surface area contributed by atoms with Crippen LogP contribution in [0, 0.1) is 0 Å². The van der Waals surface area contributed by atoms with Crippen LogP contribution < -0.4 is 4.74 Å². The Kier molecular flexibility index (Phi) is 7.34. The Balaban J connectivity index is 1.53. The number of benzene rings is 2. The van der Waals surface area contributed by atoms with E-state index in [-0.39, 0.29) is 0 Å². The van der Waals surface area contributed by atoms with Crippen LogP contribution in [0.15, 0.2) is 54.6 Å². The van der Waals surface area contributed by atoms with Crippen LogP contribution in [-0.2, 0) is 4.79 Å². The normalized spacial score (nSPS) is 10.7. The molecule has 0 bridgehead atoms. The molecule has 2 rings (SSSR count). The molecule has 0 aromatic heterocycles. The number of rotatable bonds is 11. The molecule has 0 aliphatic carbocycles. The number of aliphatic carboxylic acids is 1. The van der Waals surface area contributed by atoms with Gasteiger partial charge < -0.3 is 9.84 Å². The van der Waals surface area contributed by atoms with Crippen molar-refractivity contribution in [3.63, 3.8) is 0 Å². The van der Waals surface area contributed by atoms with Gasteiger partial charge >= 0.3 is 5.97 Å². The van der Waals surface area contributed by atoms with E-state index < -0.39 is 5.97 Å². The van der Waals surface area contributed by atoms with Gasteiger partial charge in [0.25, 0.3) is 0 Å². The standard InChI is InChI=1S/C21H26O3/c1-17(21(22)23)10-6-4-2-3-5-9-15-24-20-14-13-18-11-7-8-12-19(18)16-20/h7-8,11-14,16H,1-6,9-10,15H2,(H,22,23). The number of ether oxygens (including phenoxy) is 1. The zero-order valence-corrected chi connectivity index (χ0v) is 14.2. The smallest absolute Gasteiger partial charge is 0.330 e. The van der Waals surface area contributed by atoms with Gasteiger partial charge in [-0.05, 0) is 42.2 Å². The van der Waals surface area contributed by atoms with E-state index in [1.54, 1.807) is 0 Å². The summed E-state index contributed by atoms with van der Waals surface area (Å²) in [5.41, 5.74) is 0.318. The average molecular weight is 326 g/mol. The third-order valence-electron chi connectivity index (χ3n) is 4.17. The molecule has 3 nitrogen and oxygen atoms in total. The first-order chi connectivity index (χ1) is 11.7. The molecule has 0 radical (unpaired) electrons. The number of fused-ring (bicyclic) bond motifs is 1. The summed E-state index contributed by atoms with van der Waals surface area (Å²) in [5, 5.41) is 11.2. The fourth-order valence-electron chi connectivity index (χ4n) is 2.70. The third kappa shape index (κ3) is 6.07. The molecule has 1 N–H and O–H groups in total. The van der Waals surface area contributed by atoms with E-state index in [0.717, 1.165) is 44.5 Å². The maximum atomic E-state index is 10.6. The predicted octanol–water partition coefficient (Wildman–Crippen LogP) is 5.59. The maximum Gasteiger partial charge on any atom is 0.330 e. The van der Waals surface area contributed by atoms with Crippen LogP contribution in [0.4, 0.5) is 0 Å². The van der Waals surface area contributed by atoms with E-state index in [9.17, 15) is 4.79 Å². The lowest BCUT2D eigenvalue weighted by Crippen LogP contribution is -1.98. The Morgan fingerprint density at radius 1 is 0.917 bits per heavy atom. The van der Waals surface area contributed by atoms with E-state index in [1.807, 2.05) is 18.2 Å². The molecular formula is C21H26O3. The summed E-state index contributed by atoms with van der Waals surface area (Å²) in [7, 11) is 0. The number of carboxylic acid groups (broad SMARTS) is 1. The van der Waals surface area contributed by atoms with E-state index in [4.69, 9.17) is 9.84 Å². The topological polar surface area (TPSA) is 46.5 Å². The molecule has 0 saturated carbocycles. The van der Waals surface area contributed by atoms with Crippen molar-refractivity contribution in [2.75, 3.05) is 6.61 Å². The van der Waals surface area contributed by atoms with Crippen molar-refractivity contribution in [2.24, 2.45) is 0 Å². The number of unbranched alkanes of at least 4 members (excludes halogenated alkanes) is 5. The van der Waals surface area contributed by atoms with Crippen molar-refractivity contribution in [3.05, 3.63) is 54.6 Å². The molecule has 24 heavy (non-hydrogen) atoms. The molecule has 0 atom stereocenters. The van der Waals surface area contributed by atoms with Crippen molar-refractivity contribution in [2.45, 2.75) is 44.9 Å². The summed E-state index contributed by atoms with van der Waals surface area (Å²) in [6.45, 7) is 4.29. The minimum Gasteiger partial charge on any atom is -0.494 e. The first kappa shape index (κ1) is 18.1. The first-order valence-corrected chi connectivity index (χ1v) is 8.69. The van der Waals surface area contributed by atoms with Crippen molar-refractivity contribution < 1.29 is 14.6 Å². The predicted molar refractivity (Wildman–Crippen MR) is 98.5 cm³/mol. The van der Waals surface area contributed by atoms with Crippen LogP contribution >= 0.6 is 0 Å². The number of hydrogen-bond acceptors (Lipinski definition) is 2. The summed E-state index contributed by atoms with van der Waals surface area (Å²) >= 11 is 0. The fourth-order valence-corrected chi connectivity index (χ4v) is 2.70. The minimum atomic E-state index is -0.874. The van der Waals surface area contributed by atoms with Crippen molar-refractivity contribution in [3.8, 4) is 5.75 Å². The molecule has 0 unspecified atom stereocenters. The second-order valence-electron chi connectivity index (χ2n) is 6.14. The molecule has 128 valence electrons. The Bertz CT molecular complexity index is 676. The first-order valence-electron chi connectivity index (χ1n) is 8.69. The average Bonchev–Trinajstić information content (AvgIpc) is 2.59. The highest BCUT2D eigenvalue weighted by Gasteiger charge is 2.02. The maximum absolute atomic E-state index is 10.6. The largest absolute Gasteiger partial charge is 0.494 e. The van der Waals surface area contributed by atoms with Gasteiger partial charge in [-0.1, -0.05) is 62.6 Å². The van der Waals surface area contributed by atoms with Crippen LogP contribution in [0.2, 0.25) is 0 Å². The molecule has 0 amide bonds. The monoisotopic (exact) mass is 326 g/mol. The van der Waals surface area contributed by atoms with Gasteiger partial charge in [-0.2, -0.15) is 0 Å². The van der Waals surface area contributed by atoms with Crippen LogP contribution in [0.3, 0.4) is 0 Å². The summed E-state index contributed by atoms with van der Waals surface area (Å²) < 4.78 is 5.82. The third-order valence-corrected chi connectivity index (χ3v) is 4.17. The van der Waals surface area contributed by atoms with Crippen molar-refractivity contribution in [1.82, 2.24) is 0 Å². The van der Waals surface area contributed by atoms with Gasteiger partial charge in [0.15, 0.2) is 0 Å². The van der Waals surface area contributed by atoms with Crippen molar-refractivity contribution in [1.29, 1.82) is 0 Å². The zero-order chi connectivity index (χ0) is 17.2. The minimum absolute atomic E-state index is 0.318. The summed E-state index contributed by atoms with van der Waals surface area (Å²) in [4.78, 5) is 10.6. The molecule has 3 heteroatoms. The molecule has 0 aliphatic rings. The molecule has 0 fully saturated rings. The Morgan fingerprint density at radius 3 is 2.33 bits per heavy atom. The summed E-state index contributed by atoms with van der Waals surface area (Å²) in [6.07, 6.45) is 7.09. The van der Waals surface area contributed by atoms with E-state index >= 15 is 0 Å². The number of hydrogen-bond donors (Lipinski definition) is 1. The van der Waals surface area contributed by atoms with Crippen LogP contribution in [0.1, 0.15) is 44.9 Å². The molecule has 2 aromatic rings. The summed E-state index contributed by atoms with van der Waals surface area (Å²) in [6, 6.07) is 14.5. The van der Waals surface area contributed by atoms with Gasteiger partial charge in [-0.15, -0.1) is 0 Å². The van der Waals surface area contributed by atoms with Crippen LogP contribution in [-0.4, -0.2) is 17.7 Å². The fraction of sp³-hybridized carbons (Fsp3) is 0.381. The molecule has 0 heterocycles. The molecule has 0 saturated heterocycles. The quantitative estimate of drug-likeness (QED) is 0.432. The van der Waals surface area contributed by atoms with E-state index in [2.05, 4.69) is 30.8 Å². The van der Waals surface area contributed by atoms with Gasteiger partial charge in [-0.25, -0.2) is 4.79 Å². The number of carboxylic acids is 1. The van der Waals surface area contributed by atoms with Crippen LogP contribution in [0.25, 0.3) is 10.8 Å². The van der Waals surface area contributed by atoms with Gasteiger partial charge in [0.1, 0.15) is 5.75 Å². The zero-order valence-electron chi connectivity index (χ0n) is 14.2. The molecule has 0 spiro atoms. The Hall–Kier alpha value is -2.29. The van der Waals surface area contributed by atoms with E-state index in [0.29, 0.717) is 12.0 Å². The molecule has 0 aliphatic heterocycles. The Morgan fingerprint density at radius 2 is 1.58 bits per heavy atom. The van der Waals surface area contributed by atoms with Gasteiger partial charge in [0, 0.05) is 5.57 Å². The number of carbonyl (C=O) groups is 1. The highest BCUT2D eigenvalue weighted by atomic mass is 16.5. The van der Waals surface area contributed by atoms with E-state index in [1.165, 1.54) is 17.2 Å². The SMILES string of the molecule is C=C(CCCCCCCCOc1ccc2ccccc2c1)C(=O)O. The van der Waals surface area contributed by atoms with Crippen molar-refractivity contribution >= 4 is 16.7 Å². The van der Waals surface area contributed by atoms with Gasteiger partial charge in [0.2, 0.25) is 0 Å². The lowest BCUT2D eigenvalue weighted by Gasteiger charge is -2.07. The lowest BCUT2D eigenvalue weighted by molar-refractivity contribution is -0.132. The molecular weight excluding hydrogens is 300 g/mol. The highest BCUT2D eigenvalue weighted by molar-refractivity contribution is 5.85. The molecule has 2 aromatic carbocycles. The highest BCUT2D eigenvalue weighted by Crippen LogP contribution is 2.20.